The van der Waals surface area contributed by atoms with Crippen LogP contribution in [0.5, 0.6) is 5.75 Å². The summed E-state index contributed by atoms with van der Waals surface area (Å²) in [5, 5.41) is 11.0. The van der Waals surface area contributed by atoms with Gasteiger partial charge in [-0.2, -0.15) is 0 Å². The van der Waals surface area contributed by atoms with Crippen LogP contribution in [0.25, 0.3) is 10.4 Å². The highest BCUT2D eigenvalue weighted by molar-refractivity contribution is 7.13. The first-order valence-corrected chi connectivity index (χ1v) is 9.09. The Bertz CT molecular complexity index is 1110. The summed E-state index contributed by atoms with van der Waals surface area (Å²) in [6, 6.07) is 9.07. The van der Waals surface area contributed by atoms with Gasteiger partial charge in [0.1, 0.15) is 17.4 Å². The third-order valence-corrected chi connectivity index (χ3v) is 5.48. The van der Waals surface area contributed by atoms with Gasteiger partial charge in [0.15, 0.2) is 0 Å². The lowest BCUT2D eigenvalue weighted by Crippen LogP contribution is -2.36. The number of carbonyl (C=O) groups excluding carboxylic acids is 1. The number of carboxylic acid groups (broad SMARTS) is 1. The van der Waals surface area contributed by atoms with Gasteiger partial charge in [-0.15, -0.1) is 11.3 Å². The Hall–Kier alpha value is -3.26. The molecule has 4 rings (SSSR count). The molecule has 0 fully saturated rings. The monoisotopic (exact) mass is 401 g/mol. The fourth-order valence-electron chi connectivity index (χ4n) is 3.11. The fraction of sp³-hybridized carbons (Fsp3) is 0.100. The highest BCUT2D eigenvalue weighted by Crippen LogP contribution is 2.46. The third kappa shape index (κ3) is 2.91. The van der Waals surface area contributed by atoms with Crippen LogP contribution in [0.1, 0.15) is 22.0 Å². The summed E-state index contributed by atoms with van der Waals surface area (Å²) in [6.07, 6.45) is -1.03. The number of anilines is 1. The second-order valence-electron chi connectivity index (χ2n) is 6.21. The average Bonchev–Trinajstić information content (AvgIpc) is 3.16. The molecule has 3 aromatic rings. The van der Waals surface area contributed by atoms with E-state index in [0.29, 0.717) is 22.9 Å². The first kappa shape index (κ1) is 18.1. The first-order chi connectivity index (χ1) is 13.4. The van der Waals surface area contributed by atoms with E-state index in [0.717, 1.165) is 15.8 Å². The topological polar surface area (TPSA) is 66.8 Å². The number of nitrogens with zero attached hydrogens (tertiary/aromatic N) is 1. The third-order valence-electron chi connectivity index (χ3n) is 4.52. The molecule has 1 aliphatic rings. The molecule has 2 heterocycles. The number of thiophene rings is 1. The molecule has 8 heteroatoms. The molecule has 2 aromatic carbocycles. The lowest BCUT2D eigenvalue weighted by Gasteiger charge is -2.29. The summed E-state index contributed by atoms with van der Waals surface area (Å²) in [5.74, 6) is -2.82. The highest BCUT2D eigenvalue weighted by Gasteiger charge is 2.35. The van der Waals surface area contributed by atoms with Gasteiger partial charge >= 0.3 is 5.97 Å². The van der Waals surface area contributed by atoms with Gasteiger partial charge in [0, 0.05) is 29.1 Å². The normalized spacial score (nSPS) is 14.6. The van der Waals surface area contributed by atoms with Crippen LogP contribution in [0.15, 0.2) is 47.8 Å². The summed E-state index contributed by atoms with van der Waals surface area (Å²) in [5.41, 5.74) is 1.19. The van der Waals surface area contributed by atoms with Gasteiger partial charge in [-0.25, -0.2) is 13.6 Å². The molecule has 1 amide bonds. The lowest BCUT2D eigenvalue weighted by atomic mass is 9.98. The second kappa shape index (κ2) is 6.72. The predicted molar refractivity (Wildman–Crippen MR) is 99.9 cm³/mol. The molecule has 5 nitrogen and oxygen atoms in total. The zero-order chi connectivity index (χ0) is 20.0. The molecule has 28 heavy (non-hydrogen) atoms. The van der Waals surface area contributed by atoms with Crippen LogP contribution in [0.4, 0.5) is 14.5 Å². The molecular weight excluding hydrogens is 388 g/mol. The number of benzene rings is 2. The van der Waals surface area contributed by atoms with Crippen LogP contribution in [-0.2, 0) is 4.79 Å². The van der Waals surface area contributed by atoms with E-state index in [1.54, 1.807) is 11.4 Å². The standard InChI is InChI=1S/C20H13F2NO4S/c1-23(15-4-3-11(21)9-14(15)22)19(24)17-12-6-7-28-18(12)13-8-10(20(25)26)2-5-16(13)27-17/h2-9,17H,1H3,(H,25,26). The molecule has 0 spiro atoms. The minimum absolute atomic E-state index is 0.0706. The molecular formula is C20H13F2NO4S. The lowest BCUT2D eigenvalue weighted by molar-refractivity contribution is -0.125. The van der Waals surface area contributed by atoms with Gasteiger partial charge < -0.3 is 14.7 Å². The van der Waals surface area contributed by atoms with Crippen molar-refractivity contribution in [2.24, 2.45) is 0 Å². The van der Waals surface area contributed by atoms with Crippen molar-refractivity contribution in [3.05, 3.63) is 70.6 Å². The molecule has 1 unspecified atom stereocenters. The number of rotatable bonds is 3. The Balaban J connectivity index is 1.72. The maximum absolute atomic E-state index is 14.1. The van der Waals surface area contributed by atoms with Crippen LogP contribution >= 0.6 is 11.3 Å². The molecule has 0 saturated carbocycles. The van der Waals surface area contributed by atoms with Crippen molar-refractivity contribution >= 4 is 28.9 Å². The van der Waals surface area contributed by atoms with Crippen LogP contribution in [0, 0.1) is 11.6 Å². The molecule has 0 radical (unpaired) electrons. The van der Waals surface area contributed by atoms with E-state index in [1.165, 1.54) is 42.6 Å². The molecule has 1 aliphatic heterocycles. The van der Waals surface area contributed by atoms with Crippen LogP contribution in [0.2, 0.25) is 0 Å². The van der Waals surface area contributed by atoms with Crippen LogP contribution in [-0.4, -0.2) is 24.0 Å². The van der Waals surface area contributed by atoms with Crippen molar-refractivity contribution in [2.45, 2.75) is 6.10 Å². The smallest absolute Gasteiger partial charge is 0.335 e. The van der Waals surface area contributed by atoms with E-state index in [4.69, 9.17) is 4.74 Å². The van der Waals surface area contributed by atoms with Gasteiger partial charge in [0.25, 0.3) is 5.91 Å². The molecule has 1 aromatic heterocycles. The molecule has 1 atom stereocenters. The van der Waals surface area contributed by atoms with E-state index in [2.05, 4.69) is 0 Å². The average molecular weight is 401 g/mol. The number of hydrogen-bond acceptors (Lipinski definition) is 4. The first-order valence-electron chi connectivity index (χ1n) is 8.21. The van der Waals surface area contributed by atoms with Crippen molar-refractivity contribution in [3.8, 4) is 16.2 Å². The molecule has 0 aliphatic carbocycles. The van der Waals surface area contributed by atoms with Crippen LogP contribution < -0.4 is 9.64 Å². The van der Waals surface area contributed by atoms with Gasteiger partial charge in [-0.3, -0.25) is 4.79 Å². The number of carboxylic acids is 1. The summed E-state index contributed by atoms with van der Waals surface area (Å²) < 4.78 is 33.1. The van der Waals surface area contributed by atoms with Gasteiger partial charge in [-0.1, -0.05) is 0 Å². The molecule has 0 bridgehead atoms. The largest absolute Gasteiger partial charge is 0.478 e. The quantitative estimate of drug-likeness (QED) is 0.702. The van der Waals surface area contributed by atoms with E-state index in [-0.39, 0.29) is 11.3 Å². The number of carbonyl (C=O) groups is 2. The zero-order valence-corrected chi connectivity index (χ0v) is 15.3. The minimum atomic E-state index is -1.06. The number of halogens is 2. The Morgan fingerprint density at radius 2 is 1.93 bits per heavy atom. The highest BCUT2D eigenvalue weighted by atomic mass is 32.1. The van der Waals surface area contributed by atoms with Crippen molar-refractivity contribution in [1.82, 2.24) is 0 Å². The molecule has 0 saturated heterocycles. The Kier molecular flexibility index (Phi) is 4.35. The maximum atomic E-state index is 14.1. The van der Waals surface area contributed by atoms with E-state index >= 15 is 0 Å². The summed E-state index contributed by atoms with van der Waals surface area (Å²) in [4.78, 5) is 26.1. The predicted octanol–water partition coefficient (Wildman–Crippen LogP) is 4.49. The Morgan fingerprint density at radius 1 is 1.14 bits per heavy atom. The maximum Gasteiger partial charge on any atom is 0.335 e. The SMILES string of the molecule is CN(C(=O)C1Oc2ccc(C(=O)O)cc2-c2sccc21)c1ccc(F)cc1F. The number of ether oxygens (including phenoxy) is 1. The second-order valence-corrected chi connectivity index (χ2v) is 7.13. The van der Waals surface area contributed by atoms with Crippen molar-refractivity contribution in [1.29, 1.82) is 0 Å². The van der Waals surface area contributed by atoms with Crippen LogP contribution in [0.3, 0.4) is 0 Å². The van der Waals surface area contributed by atoms with Crippen molar-refractivity contribution < 1.29 is 28.2 Å². The summed E-state index contributed by atoms with van der Waals surface area (Å²) >= 11 is 1.35. The van der Waals surface area contributed by atoms with Crippen molar-refractivity contribution in [3.63, 3.8) is 0 Å². The minimum Gasteiger partial charge on any atom is -0.478 e. The van der Waals surface area contributed by atoms with Gasteiger partial charge in [0.2, 0.25) is 6.10 Å². The number of aromatic carboxylic acids is 1. The number of amides is 1. The summed E-state index contributed by atoms with van der Waals surface area (Å²) in [7, 11) is 1.39. The Labute approximate surface area is 162 Å². The zero-order valence-electron chi connectivity index (χ0n) is 14.5. The number of fused-ring (bicyclic) bond motifs is 3. The fourth-order valence-corrected chi connectivity index (χ4v) is 4.06. The molecule has 1 N–H and O–H groups in total. The van der Waals surface area contributed by atoms with Gasteiger partial charge in [-0.05, 0) is 41.8 Å². The number of likely N-dealkylation sites (N-methyl/N-ethyl adjacent to an activating group) is 1. The van der Waals surface area contributed by atoms with Crippen molar-refractivity contribution in [2.75, 3.05) is 11.9 Å². The summed E-state index contributed by atoms with van der Waals surface area (Å²) in [6.45, 7) is 0. The Morgan fingerprint density at radius 3 is 2.64 bits per heavy atom. The van der Waals surface area contributed by atoms with E-state index in [9.17, 15) is 23.5 Å². The molecule has 142 valence electrons. The van der Waals surface area contributed by atoms with E-state index in [1.807, 2.05) is 0 Å². The van der Waals surface area contributed by atoms with E-state index < -0.39 is 29.6 Å². The number of hydrogen-bond donors (Lipinski definition) is 1. The van der Waals surface area contributed by atoms with Gasteiger partial charge in [0.05, 0.1) is 11.3 Å².